The Morgan fingerprint density at radius 3 is 3.00 bits per heavy atom. The fourth-order valence-corrected chi connectivity index (χ4v) is 5.96. The minimum atomic E-state index is 0.219. The van der Waals surface area contributed by atoms with Crippen molar-refractivity contribution in [2.75, 3.05) is 5.01 Å². The van der Waals surface area contributed by atoms with Gasteiger partial charge in [-0.25, -0.2) is 4.68 Å². The van der Waals surface area contributed by atoms with Crippen molar-refractivity contribution in [3.63, 3.8) is 0 Å². The maximum absolute atomic E-state index is 4.44. The topological polar surface area (TPSA) is 49.7 Å². The molecule has 0 radical (unpaired) electrons. The lowest BCUT2D eigenvalue weighted by atomic mass is 10.1. The smallest absolute Gasteiger partial charge is 0.216 e. The molecule has 1 unspecified atom stereocenters. The Hall–Kier alpha value is -1.86. The van der Waals surface area contributed by atoms with Crippen LogP contribution in [0.1, 0.15) is 42.2 Å². The van der Waals surface area contributed by atoms with Crippen molar-refractivity contribution in [3.05, 3.63) is 51.8 Å². The zero-order valence-electron chi connectivity index (χ0n) is 14.2. The molecule has 1 aromatic carbocycles. The number of thioether (sulfide) groups is 2. The molecule has 2 aliphatic heterocycles. The molecule has 0 fully saturated rings. The molecule has 5 rings (SSSR count). The Morgan fingerprint density at radius 2 is 2.12 bits per heavy atom. The SMILES string of the molecule is CCCCc1nnc2n1N1C(=CSC1c1c(C)[nH]c3ccccc13)S2. The summed E-state index contributed by atoms with van der Waals surface area (Å²) in [6.45, 7) is 4.38. The number of benzene rings is 1. The zero-order chi connectivity index (χ0) is 17.0. The normalized spacial score (nSPS) is 18.7. The van der Waals surface area contributed by atoms with Gasteiger partial charge in [-0.2, -0.15) is 0 Å². The number of fused-ring (bicyclic) bond motifs is 4. The van der Waals surface area contributed by atoms with E-state index in [4.69, 9.17) is 0 Å². The molecule has 0 spiro atoms. The fraction of sp³-hybridized carbons (Fsp3) is 0.333. The first-order valence-electron chi connectivity index (χ1n) is 8.62. The summed E-state index contributed by atoms with van der Waals surface area (Å²) in [6, 6.07) is 8.55. The molecule has 25 heavy (non-hydrogen) atoms. The maximum atomic E-state index is 4.44. The number of unbranched alkanes of at least 4 members (excludes halogenated alkanes) is 1. The number of aryl methyl sites for hydroxylation is 2. The molecule has 7 heteroatoms. The van der Waals surface area contributed by atoms with Gasteiger partial charge in [0.15, 0.2) is 5.82 Å². The van der Waals surface area contributed by atoms with Crippen molar-refractivity contribution in [3.8, 4) is 0 Å². The van der Waals surface area contributed by atoms with E-state index < -0.39 is 0 Å². The largest absolute Gasteiger partial charge is 0.358 e. The highest BCUT2D eigenvalue weighted by atomic mass is 32.2. The minimum Gasteiger partial charge on any atom is -0.358 e. The maximum Gasteiger partial charge on any atom is 0.216 e. The number of aromatic nitrogens is 4. The molecule has 128 valence electrons. The lowest BCUT2D eigenvalue weighted by molar-refractivity contribution is 0.591. The molecule has 2 aliphatic rings. The van der Waals surface area contributed by atoms with Gasteiger partial charge in [0.2, 0.25) is 5.16 Å². The summed E-state index contributed by atoms with van der Waals surface area (Å²) in [7, 11) is 0. The first-order valence-corrected chi connectivity index (χ1v) is 10.4. The monoisotopic (exact) mass is 369 g/mol. The average Bonchev–Trinajstić information content (AvgIpc) is 3.32. The number of rotatable bonds is 4. The van der Waals surface area contributed by atoms with Crippen molar-refractivity contribution < 1.29 is 0 Å². The number of nitrogens with zero attached hydrogens (tertiary/aromatic N) is 4. The van der Waals surface area contributed by atoms with Gasteiger partial charge >= 0.3 is 0 Å². The molecule has 5 nitrogen and oxygen atoms in total. The van der Waals surface area contributed by atoms with Gasteiger partial charge in [-0.05, 0) is 31.2 Å². The van der Waals surface area contributed by atoms with E-state index in [1.165, 1.54) is 27.2 Å². The van der Waals surface area contributed by atoms with E-state index in [9.17, 15) is 0 Å². The molecule has 1 atom stereocenters. The van der Waals surface area contributed by atoms with Crippen LogP contribution in [0.15, 0.2) is 39.9 Å². The van der Waals surface area contributed by atoms with Crippen molar-refractivity contribution >= 4 is 34.4 Å². The molecule has 3 aromatic rings. The van der Waals surface area contributed by atoms with Gasteiger partial charge < -0.3 is 4.98 Å². The highest BCUT2D eigenvalue weighted by Gasteiger charge is 2.40. The van der Waals surface area contributed by atoms with Crippen molar-refractivity contribution in [1.82, 2.24) is 19.9 Å². The molecule has 0 aliphatic carbocycles. The Morgan fingerprint density at radius 1 is 1.24 bits per heavy atom. The molecule has 0 bridgehead atoms. The first-order chi connectivity index (χ1) is 12.3. The van der Waals surface area contributed by atoms with Gasteiger partial charge in [0.1, 0.15) is 10.4 Å². The van der Waals surface area contributed by atoms with Crippen LogP contribution in [0.3, 0.4) is 0 Å². The minimum absolute atomic E-state index is 0.219. The van der Waals surface area contributed by atoms with E-state index in [1.807, 2.05) is 11.8 Å². The summed E-state index contributed by atoms with van der Waals surface area (Å²) in [5, 5.41) is 17.2. The number of hydrogen-bond acceptors (Lipinski definition) is 5. The fourth-order valence-electron chi connectivity index (χ4n) is 3.59. The Bertz CT molecular complexity index is 987. The quantitative estimate of drug-likeness (QED) is 0.722. The summed E-state index contributed by atoms with van der Waals surface area (Å²) in [6.07, 6.45) is 3.27. The second-order valence-corrected chi connectivity index (χ2v) is 8.36. The summed E-state index contributed by atoms with van der Waals surface area (Å²) in [5.74, 6) is 1.07. The summed E-state index contributed by atoms with van der Waals surface area (Å²) in [4.78, 5) is 3.54. The average molecular weight is 370 g/mol. The molecule has 2 aromatic heterocycles. The predicted octanol–water partition coefficient (Wildman–Crippen LogP) is 4.70. The number of aromatic amines is 1. The van der Waals surface area contributed by atoms with Gasteiger partial charge in [-0.1, -0.05) is 43.3 Å². The molecule has 0 saturated carbocycles. The van der Waals surface area contributed by atoms with E-state index in [-0.39, 0.29) is 5.37 Å². The second-order valence-electron chi connectivity index (χ2n) is 6.41. The van der Waals surface area contributed by atoms with E-state index >= 15 is 0 Å². The third kappa shape index (κ3) is 2.25. The van der Waals surface area contributed by atoms with Gasteiger partial charge in [0, 0.05) is 34.0 Å². The van der Waals surface area contributed by atoms with Crippen molar-refractivity contribution in [2.45, 2.75) is 43.6 Å². The van der Waals surface area contributed by atoms with Crippen LogP contribution in [0.4, 0.5) is 0 Å². The number of hydrogen-bond donors (Lipinski definition) is 1. The number of para-hydroxylation sites is 1. The van der Waals surface area contributed by atoms with Gasteiger partial charge in [0.05, 0.1) is 0 Å². The molecule has 4 heterocycles. The highest BCUT2D eigenvalue weighted by molar-refractivity contribution is 8.07. The standard InChI is InChI=1S/C18H19N5S2/c1-3-4-9-14-20-21-18-22(14)23-15(25-18)10-24-17(23)16-11(2)19-13-8-6-5-7-12(13)16/h5-8,10,17,19H,3-4,9H2,1-2H3. The van der Waals surface area contributed by atoms with Crippen LogP contribution < -0.4 is 5.01 Å². The molecule has 0 amide bonds. The van der Waals surface area contributed by atoms with Crippen LogP contribution in [0.25, 0.3) is 10.9 Å². The van der Waals surface area contributed by atoms with Crippen LogP contribution in [0.2, 0.25) is 0 Å². The Balaban J connectivity index is 1.61. The summed E-state index contributed by atoms with van der Waals surface area (Å²) >= 11 is 3.59. The first kappa shape index (κ1) is 15.4. The molecule has 1 N–H and O–H groups in total. The zero-order valence-corrected chi connectivity index (χ0v) is 15.8. The second kappa shape index (κ2) is 5.85. The van der Waals surface area contributed by atoms with E-state index in [0.29, 0.717) is 0 Å². The number of nitrogens with one attached hydrogen (secondary N) is 1. The Kier molecular flexibility index (Phi) is 3.60. The van der Waals surface area contributed by atoms with Gasteiger partial charge in [-0.15, -0.1) is 10.2 Å². The van der Waals surface area contributed by atoms with Gasteiger partial charge in [0.25, 0.3) is 0 Å². The molecular weight excluding hydrogens is 350 g/mol. The van der Waals surface area contributed by atoms with E-state index in [0.717, 1.165) is 30.2 Å². The van der Waals surface area contributed by atoms with Crippen LogP contribution in [-0.2, 0) is 6.42 Å². The van der Waals surface area contributed by atoms with Crippen molar-refractivity contribution in [1.29, 1.82) is 0 Å². The van der Waals surface area contributed by atoms with E-state index in [1.54, 1.807) is 11.8 Å². The van der Waals surface area contributed by atoms with Crippen molar-refractivity contribution in [2.24, 2.45) is 0 Å². The number of H-pyrrole nitrogens is 1. The van der Waals surface area contributed by atoms with Crippen LogP contribution in [-0.4, -0.2) is 19.9 Å². The predicted molar refractivity (Wildman–Crippen MR) is 104 cm³/mol. The summed E-state index contributed by atoms with van der Waals surface area (Å²) in [5.41, 5.74) is 3.79. The summed E-state index contributed by atoms with van der Waals surface area (Å²) < 4.78 is 2.23. The highest BCUT2D eigenvalue weighted by Crippen LogP contribution is 2.52. The van der Waals surface area contributed by atoms with Crippen LogP contribution >= 0.6 is 23.5 Å². The lowest BCUT2D eigenvalue weighted by Crippen LogP contribution is -2.31. The van der Waals surface area contributed by atoms with Gasteiger partial charge in [-0.3, -0.25) is 5.01 Å². The third-order valence-corrected chi connectivity index (χ3v) is 6.93. The molecular formula is C18H19N5S2. The van der Waals surface area contributed by atoms with Crippen LogP contribution in [0, 0.1) is 6.92 Å². The lowest BCUT2D eigenvalue weighted by Gasteiger charge is -2.26. The Labute approximate surface area is 154 Å². The third-order valence-electron chi connectivity index (χ3n) is 4.78. The van der Waals surface area contributed by atoms with Crippen LogP contribution in [0.5, 0.6) is 0 Å². The molecule has 0 saturated heterocycles. The van der Waals surface area contributed by atoms with E-state index in [2.05, 4.69) is 68.4 Å².